The van der Waals surface area contributed by atoms with Gasteiger partial charge in [-0.1, -0.05) is 18.5 Å². The molecule has 166 valence electrons. The summed E-state index contributed by atoms with van der Waals surface area (Å²) in [4.78, 5) is 31.5. The number of aromatic nitrogens is 1. The molecule has 9 heteroatoms. The van der Waals surface area contributed by atoms with Crippen LogP contribution in [0.3, 0.4) is 0 Å². The molecule has 0 saturated heterocycles. The van der Waals surface area contributed by atoms with Crippen LogP contribution in [0.4, 0.5) is 11.4 Å². The van der Waals surface area contributed by atoms with Crippen LogP contribution in [0.25, 0.3) is 11.3 Å². The second-order valence-electron chi connectivity index (χ2n) is 7.22. The Balaban J connectivity index is 1.58. The van der Waals surface area contributed by atoms with Crippen molar-refractivity contribution in [2.24, 2.45) is 0 Å². The van der Waals surface area contributed by atoms with Gasteiger partial charge in [0.2, 0.25) is 5.91 Å². The summed E-state index contributed by atoms with van der Waals surface area (Å²) in [6, 6.07) is 10.5. The number of anilines is 2. The standard InChI is InChI=1S/C23H22ClN3O4S/c1-3-4-22-26-17(13-32-22)14-5-7-20-18(9-14)27(23(29)12-31-20)11-21(28)25-16-10-15(24)6-8-19(16)30-2/h5-10,13H,3-4,11-12H2,1-2H3,(H,25,28). The lowest BCUT2D eigenvalue weighted by Crippen LogP contribution is -2.43. The number of nitrogens with one attached hydrogen (secondary N) is 1. The Hall–Kier alpha value is -3.10. The van der Waals surface area contributed by atoms with E-state index in [9.17, 15) is 9.59 Å². The van der Waals surface area contributed by atoms with Crippen LogP contribution in [0.15, 0.2) is 41.8 Å². The van der Waals surface area contributed by atoms with Crippen molar-refractivity contribution in [3.05, 3.63) is 51.8 Å². The Morgan fingerprint density at radius 1 is 1.31 bits per heavy atom. The van der Waals surface area contributed by atoms with Crippen LogP contribution in [-0.4, -0.2) is 37.1 Å². The van der Waals surface area contributed by atoms with Crippen LogP contribution in [-0.2, 0) is 16.0 Å². The van der Waals surface area contributed by atoms with Crippen molar-refractivity contribution in [3.8, 4) is 22.8 Å². The second kappa shape index (κ2) is 9.58. The number of nitrogens with zero attached hydrogens (tertiary/aromatic N) is 2. The second-order valence-corrected chi connectivity index (χ2v) is 8.60. The zero-order valence-electron chi connectivity index (χ0n) is 17.7. The third kappa shape index (κ3) is 4.71. The van der Waals surface area contributed by atoms with Crippen molar-refractivity contribution >= 4 is 46.1 Å². The lowest BCUT2D eigenvalue weighted by Gasteiger charge is -2.29. The van der Waals surface area contributed by atoms with E-state index in [1.165, 1.54) is 12.0 Å². The highest BCUT2D eigenvalue weighted by atomic mass is 35.5. The predicted octanol–water partition coefficient (Wildman–Crippen LogP) is 4.79. The maximum absolute atomic E-state index is 12.8. The van der Waals surface area contributed by atoms with Gasteiger partial charge in [-0.15, -0.1) is 11.3 Å². The minimum Gasteiger partial charge on any atom is -0.495 e. The zero-order chi connectivity index (χ0) is 22.7. The number of hydrogen-bond acceptors (Lipinski definition) is 6. The van der Waals surface area contributed by atoms with E-state index in [2.05, 4.69) is 17.2 Å². The van der Waals surface area contributed by atoms with E-state index >= 15 is 0 Å². The SMILES string of the molecule is CCCc1nc(-c2ccc3c(c2)N(CC(=O)Nc2cc(Cl)ccc2OC)C(=O)CO3)cs1. The van der Waals surface area contributed by atoms with Gasteiger partial charge in [0.05, 0.1) is 29.2 Å². The molecule has 0 saturated carbocycles. The number of rotatable bonds is 7. The first-order valence-corrected chi connectivity index (χ1v) is 11.4. The number of fused-ring (bicyclic) bond motifs is 1. The summed E-state index contributed by atoms with van der Waals surface area (Å²) in [6.07, 6.45) is 1.95. The molecular formula is C23H22ClN3O4S. The summed E-state index contributed by atoms with van der Waals surface area (Å²) in [7, 11) is 1.51. The van der Waals surface area contributed by atoms with E-state index in [1.54, 1.807) is 35.6 Å². The van der Waals surface area contributed by atoms with E-state index < -0.39 is 0 Å². The summed E-state index contributed by atoms with van der Waals surface area (Å²) in [6.45, 7) is 1.81. The lowest BCUT2D eigenvalue weighted by atomic mass is 10.1. The van der Waals surface area contributed by atoms with Gasteiger partial charge >= 0.3 is 0 Å². The number of carbonyl (C=O) groups excluding carboxylic acids is 2. The van der Waals surface area contributed by atoms with Gasteiger partial charge < -0.3 is 14.8 Å². The van der Waals surface area contributed by atoms with E-state index in [4.69, 9.17) is 21.1 Å². The number of thiazole rings is 1. The molecule has 1 N–H and O–H groups in total. The van der Waals surface area contributed by atoms with Crippen LogP contribution in [0.2, 0.25) is 5.02 Å². The van der Waals surface area contributed by atoms with Crippen molar-refractivity contribution < 1.29 is 19.1 Å². The van der Waals surface area contributed by atoms with Crippen molar-refractivity contribution in [2.75, 3.05) is 30.5 Å². The van der Waals surface area contributed by atoms with Gasteiger partial charge in [-0.25, -0.2) is 4.98 Å². The van der Waals surface area contributed by atoms with Gasteiger partial charge in [0.1, 0.15) is 18.0 Å². The molecule has 1 aliphatic heterocycles. The Morgan fingerprint density at radius 3 is 2.94 bits per heavy atom. The summed E-state index contributed by atoms with van der Waals surface area (Å²) >= 11 is 7.66. The number of halogens is 1. The minimum absolute atomic E-state index is 0.128. The van der Waals surface area contributed by atoms with Crippen molar-refractivity contribution in [1.29, 1.82) is 0 Å². The topological polar surface area (TPSA) is 80.8 Å². The molecule has 0 unspecified atom stereocenters. The largest absolute Gasteiger partial charge is 0.495 e. The molecule has 0 fully saturated rings. The number of hydrogen-bond donors (Lipinski definition) is 1. The average Bonchev–Trinajstić information content (AvgIpc) is 3.24. The molecule has 2 amide bonds. The predicted molar refractivity (Wildman–Crippen MR) is 126 cm³/mol. The number of amides is 2. The van der Waals surface area contributed by atoms with Gasteiger partial charge in [0.15, 0.2) is 6.61 Å². The van der Waals surface area contributed by atoms with E-state index in [1.807, 2.05) is 17.5 Å². The maximum atomic E-state index is 12.8. The van der Waals surface area contributed by atoms with Gasteiger partial charge in [-0.2, -0.15) is 0 Å². The molecule has 2 heterocycles. The highest BCUT2D eigenvalue weighted by Crippen LogP contribution is 2.36. The molecule has 2 aromatic carbocycles. The summed E-state index contributed by atoms with van der Waals surface area (Å²) in [5.41, 5.74) is 2.68. The van der Waals surface area contributed by atoms with Crippen LogP contribution in [0.5, 0.6) is 11.5 Å². The first-order chi connectivity index (χ1) is 15.5. The molecule has 0 atom stereocenters. The lowest BCUT2D eigenvalue weighted by molar-refractivity contribution is -0.123. The third-order valence-electron chi connectivity index (χ3n) is 4.95. The fourth-order valence-electron chi connectivity index (χ4n) is 3.42. The Bertz CT molecular complexity index is 1160. The third-order valence-corrected chi connectivity index (χ3v) is 6.09. The van der Waals surface area contributed by atoms with Crippen molar-refractivity contribution in [3.63, 3.8) is 0 Å². The van der Waals surface area contributed by atoms with Gasteiger partial charge in [0, 0.05) is 16.0 Å². The first-order valence-electron chi connectivity index (χ1n) is 10.1. The summed E-state index contributed by atoms with van der Waals surface area (Å²) in [5, 5.41) is 6.30. The number of ether oxygens (including phenoxy) is 2. The molecule has 1 aromatic heterocycles. The Morgan fingerprint density at radius 2 is 2.16 bits per heavy atom. The number of carbonyl (C=O) groups is 2. The summed E-state index contributed by atoms with van der Waals surface area (Å²) in [5.74, 6) is 0.347. The maximum Gasteiger partial charge on any atom is 0.265 e. The fraction of sp³-hybridized carbons (Fsp3) is 0.261. The fourth-order valence-corrected chi connectivity index (χ4v) is 4.50. The first kappa shape index (κ1) is 22.1. The van der Waals surface area contributed by atoms with Gasteiger partial charge in [-0.3, -0.25) is 14.5 Å². The molecule has 1 aliphatic rings. The molecule has 0 bridgehead atoms. The van der Waals surface area contributed by atoms with E-state index in [-0.39, 0.29) is 25.0 Å². The van der Waals surface area contributed by atoms with Gasteiger partial charge in [0.25, 0.3) is 5.91 Å². The van der Waals surface area contributed by atoms with E-state index in [0.717, 1.165) is 29.1 Å². The molecule has 7 nitrogen and oxygen atoms in total. The highest BCUT2D eigenvalue weighted by Gasteiger charge is 2.28. The Labute approximate surface area is 194 Å². The zero-order valence-corrected chi connectivity index (χ0v) is 19.3. The quantitative estimate of drug-likeness (QED) is 0.536. The van der Waals surface area contributed by atoms with Crippen molar-refractivity contribution in [1.82, 2.24) is 4.98 Å². The van der Waals surface area contributed by atoms with Crippen LogP contribution in [0.1, 0.15) is 18.4 Å². The van der Waals surface area contributed by atoms with Gasteiger partial charge in [-0.05, 0) is 49.2 Å². The normalized spacial score (nSPS) is 12.8. The number of benzene rings is 2. The molecule has 0 spiro atoms. The van der Waals surface area contributed by atoms with Crippen LogP contribution < -0.4 is 19.7 Å². The number of aryl methyl sites for hydroxylation is 1. The van der Waals surface area contributed by atoms with Crippen molar-refractivity contribution in [2.45, 2.75) is 19.8 Å². The van der Waals surface area contributed by atoms with Crippen LogP contribution in [0, 0.1) is 0 Å². The average molecular weight is 472 g/mol. The minimum atomic E-state index is -0.379. The molecule has 4 rings (SSSR count). The Kier molecular flexibility index (Phi) is 6.62. The summed E-state index contributed by atoms with van der Waals surface area (Å²) < 4.78 is 10.8. The molecule has 0 aliphatic carbocycles. The smallest absolute Gasteiger partial charge is 0.265 e. The molecular weight excluding hydrogens is 450 g/mol. The number of methoxy groups -OCH3 is 1. The van der Waals surface area contributed by atoms with E-state index in [0.29, 0.717) is 27.9 Å². The van der Waals surface area contributed by atoms with Crippen LogP contribution >= 0.6 is 22.9 Å². The molecule has 0 radical (unpaired) electrons. The monoisotopic (exact) mass is 471 g/mol. The highest BCUT2D eigenvalue weighted by molar-refractivity contribution is 7.09. The molecule has 32 heavy (non-hydrogen) atoms. The molecule has 3 aromatic rings.